The largest absolute Gasteiger partial charge is 0.492 e. The Bertz CT molecular complexity index is 695. The van der Waals surface area contributed by atoms with E-state index in [4.69, 9.17) is 4.74 Å². The molecule has 0 radical (unpaired) electrons. The van der Waals surface area contributed by atoms with Crippen LogP contribution in [0.1, 0.15) is 20.3 Å². The standard InChI is InChI=1S/C18H19NO3/c1-3-22-14-7-5-4-6-13(14)19-16(20)15-11-8-9-12(10-11)18(15,2)17(19)21/h4-9,11-12,15H,3,10H2,1-2H3/t11-,12-,15-,18-/m0/s1. The number of ether oxygens (including phenoxy) is 1. The minimum Gasteiger partial charge on any atom is -0.492 e. The third kappa shape index (κ3) is 1.47. The topological polar surface area (TPSA) is 46.6 Å². The molecule has 0 spiro atoms. The van der Waals surface area contributed by atoms with Crippen LogP contribution in [0.25, 0.3) is 0 Å². The van der Waals surface area contributed by atoms with Crippen LogP contribution < -0.4 is 9.64 Å². The summed E-state index contributed by atoms with van der Waals surface area (Å²) in [5, 5.41) is 0. The van der Waals surface area contributed by atoms with E-state index in [0.29, 0.717) is 18.0 Å². The molecule has 0 N–H and O–H groups in total. The van der Waals surface area contributed by atoms with Crippen LogP contribution in [-0.4, -0.2) is 18.4 Å². The van der Waals surface area contributed by atoms with Crippen LogP contribution in [0.3, 0.4) is 0 Å². The van der Waals surface area contributed by atoms with Gasteiger partial charge in [-0.1, -0.05) is 24.3 Å². The summed E-state index contributed by atoms with van der Waals surface area (Å²) in [4.78, 5) is 27.4. The lowest BCUT2D eigenvalue weighted by molar-refractivity contribution is -0.127. The number of allylic oxidation sites excluding steroid dienone is 2. The van der Waals surface area contributed by atoms with Crippen molar-refractivity contribution in [2.75, 3.05) is 11.5 Å². The number of fused-ring (bicyclic) bond motifs is 5. The Balaban J connectivity index is 1.80. The van der Waals surface area contributed by atoms with Crippen LogP contribution in [0, 0.1) is 23.2 Å². The van der Waals surface area contributed by atoms with Crippen molar-refractivity contribution in [3.05, 3.63) is 36.4 Å². The van der Waals surface area contributed by atoms with Crippen molar-refractivity contribution in [1.82, 2.24) is 0 Å². The molecule has 2 bridgehead atoms. The molecule has 1 heterocycles. The van der Waals surface area contributed by atoms with Crippen LogP contribution in [0.4, 0.5) is 5.69 Å². The Kier molecular flexibility index (Phi) is 2.74. The van der Waals surface area contributed by atoms with Gasteiger partial charge in [0.15, 0.2) is 0 Å². The van der Waals surface area contributed by atoms with Gasteiger partial charge in [-0.15, -0.1) is 0 Å². The lowest BCUT2D eigenvalue weighted by Crippen LogP contribution is -2.37. The molecule has 4 heteroatoms. The highest BCUT2D eigenvalue weighted by Gasteiger charge is 2.67. The van der Waals surface area contributed by atoms with Crippen molar-refractivity contribution in [3.63, 3.8) is 0 Å². The second-order valence-corrected chi connectivity index (χ2v) is 6.53. The van der Waals surface area contributed by atoms with E-state index in [1.165, 1.54) is 4.90 Å². The van der Waals surface area contributed by atoms with Gasteiger partial charge in [-0.2, -0.15) is 0 Å². The van der Waals surface area contributed by atoms with Gasteiger partial charge >= 0.3 is 0 Å². The second kappa shape index (κ2) is 4.45. The van der Waals surface area contributed by atoms with Gasteiger partial charge in [0.1, 0.15) is 5.75 Å². The van der Waals surface area contributed by atoms with Crippen LogP contribution in [0.5, 0.6) is 5.75 Å². The van der Waals surface area contributed by atoms with E-state index in [2.05, 4.69) is 12.2 Å². The molecule has 0 aromatic heterocycles. The lowest BCUT2D eigenvalue weighted by atomic mass is 9.71. The molecule has 2 fully saturated rings. The van der Waals surface area contributed by atoms with E-state index in [9.17, 15) is 9.59 Å². The van der Waals surface area contributed by atoms with Gasteiger partial charge in [-0.25, -0.2) is 4.90 Å². The summed E-state index contributed by atoms with van der Waals surface area (Å²) in [6.07, 6.45) is 5.16. The Morgan fingerprint density at radius 3 is 2.77 bits per heavy atom. The zero-order valence-corrected chi connectivity index (χ0v) is 12.8. The van der Waals surface area contributed by atoms with E-state index >= 15 is 0 Å². The Labute approximate surface area is 129 Å². The number of imide groups is 1. The number of para-hydroxylation sites is 2. The fourth-order valence-corrected chi connectivity index (χ4v) is 4.45. The molecule has 2 amide bonds. The van der Waals surface area contributed by atoms with Crippen molar-refractivity contribution in [2.45, 2.75) is 20.3 Å². The number of carbonyl (C=O) groups is 2. The maximum absolute atomic E-state index is 13.1. The van der Waals surface area contributed by atoms with Crippen LogP contribution in [0.15, 0.2) is 36.4 Å². The molecule has 1 aliphatic heterocycles. The molecule has 4 nitrogen and oxygen atoms in total. The van der Waals surface area contributed by atoms with E-state index < -0.39 is 5.41 Å². The summed E-state index contributed by atoms with van der Waals surface area (Å²) in [6.45, 7) is 4.35. The number of hydrogen-bond donors (Lipinski definition) is 0. The minimum absolute atomic E-state index is 0.0727. The molecule has 114 valence electrons. The van der Waals surface area contributed by atoms with Crippen molar-refractivity contribution in [2.24, 2.45) is 23.2 Å². The highest BCUT2D eigenvalue weighted by molar-refractivity contribution is 6.25. The number of carbonyl (C=O) groups excluding carboxylic acids is 2. The van der Waals surface area contributed by atoms with Crippen molar-refractivity contribution < 1.29 is 14.3 Å². The Morgan fingerprint density at radius 2 is 2.05 bits per heavy atom. The summed E-state index contributed by atoms with van der Waals surface area (Å²) in [5.41, 5.74) is -0.00935. The first-order valence-corrected chi connectivity index (χ1v) is 7.87. The Morgan fingerprint density at radius 1 is 1.27 bits per heavy atom. The molecule has 0 unspecified atom stereocenters. The fraction of sp³-hybridized carbons (Fsp3) is 0.444. The molecular formula is C18H19NO3. The second-order valence-electron chi connectivity index (χ2n) is 6.53. The molecule has 22 heavy (non-hydrogen) atoms. The van der Waals surface area contributed by atoms with Gasteiger partial charge in [0, 0.05) is 0 Å². The predicted octanol–water partition coefficient (Wildman–Crippen LogP) is 2.79. The van der Waals surface area contributed by atoms with Crippen LogP contribution in [-0.2, 0) is 9.59 Å². The monoisotopic (exact) mass is 297 g/mol. The van der Waals surface area contributed by atoms with Gasteiger partial charge < -0.3 is 4.74 Å². The first-order valence-electron chi connectivity index (χ1n) is 7.87. The summed E-state index contributed by atoms with van der Waals surface area (Å²) < 4.78 is 5.61. The number of hydrogen-bond acceptors (Lipinski definition) is 3. The average Bonchev–Trinajstić information content (AvgIpc) is 3.13. The fourth-order valence-electron chi connectivity index (χ4n) is 4.45. The third-order valence-electron chi connectivity index (χ3n) is 5.52. The van der Waals surface area contributed by atoms with E-state index in [1.54, 1.807) is 6.07 Å². The maximum Gasteiger partial charge on any atom is 0.241 e. The molecule has 1 aromatic rings. The van der Waals surface area contributed by atoms with Crippen LogP contribution in [0.2, 0.25) is 0 Å². The third-order valence-corrected chi connectivity index (χ3v) is 5.52. The molecule has 2 aliphatic carbocycles. The zero-order valence-electron chi connectivity index (χ0n) is 12.8. The van der Waals surface area contributed by atoms with E-state index in [0.717, 1.165) is 6.42 Å². The van der Waals surface area contributed by atoms with Gasteiger partial charge in [0.05, 0.1) is 23.6 Å². The first-order chi connectivity index (χ1) is 10.6. The lowest BCUT2D eigenvalue weighted by Gasteiger charge is -2.28. The minimum atomic E-state index is -0.587. The van der Waals surface area contributed by atoms with Crippen LogP contribution >= 0.6 is 0 Å². The summed E-state index contributed by atoms with van der Waals surface area (Å²) >= 11 is 0. The molecule has 1 saturated heterocycles. The summed E-state index contributed by atoms with van der Waals surface area (Å²) in [5.74, 6) is 0.613. The average molecular weight is 297 g/mol. The normalized spacial score (nSPS) is 35.4. The van der Waals surface area contributed by atoms with Gasteiger partial charge in [-0.3, -0.25) is 9.59 Å². The Hall–Kier alpha value is -2.10. The quantitative estimate of drug-likeness (QED) is 0.636. The van der Waals surface area contributed by atoms with E-state index in [-0.39, 0.29) is 29.6 Å². The molecule has 4 atom stereocenters. The van der Waals surface area contributed by atoms with Gasteiger partial charge in [0.2, 0.25) is 11.8 Å². The smallest absolute Gasteiger partial charge is 0.241 e. The van der Waals surface area contributed by atoms with Crippen molar-refractivity contribution in [3.8, 4) is 5.75 Å². The number of rotatable bonds is 3. The van der Waals surface area contributed by atoms with Crippen molar-refractivity contribution >= 4 is 17.5 Å². The summed E-state index contributed by atoms with van der Waals surface area (Å²) in [6, 6.07) is 7.29. The molecule has 1 saturated carbocycles. The SMILES string of the molecule is CCOc1ccccc1N1C(=O)[C@@H]2[C@H]3C=C[C@@H](C3)[C@]2(C)C1=O. The zero-order chi connectivity index (χ0) is 15.5. The predicted molar refractivity (Wildman–Crippen MR) is 82.4 cm³/mol. The van der Waals surface area contributed by atoms with Crippen molar-refractivity contribution in [1.29, 1.82) is 0 Å². The summed E-state index contributed by atoms with van der Waals surface area (Å²) in [7, 11) is 0. The van der Waals surface area contributed by atoms with Gasteiger partial charge in [0.25, 0.3) is 0 Å². The first kappa shape index (κ1) is 13.6. The number of anilines is 1. The van der Waals surface area contributed by atoms with E-state index in [1.807, 2.05) is 32.0 Å². The maximum atomic E-state index is 13.1. The highest BCUT2D eigenvalue weighted by Crippen LogP contribution is 2.61. The molecular weight excluding hydrogens is 278 g/mol. The molecule has 3 aliphatic rings. The number of nitrogens with zero attached hydrogens (tertiary/aromatic N) is 1. The number of benzene rings is 1. The highest BCUT2D eigenvalue weighted by atomic mass is 16.5. The molecule has 1 aromatic carbocycles. The molecule has 4 rings (SSSR count). The number of amides is 2. The van der Waals surface area contributed by atoms with Gasteiger partial charge in [-0.05, 0) is 44.2 Å².